The summed E-state index contributed by atoms with van der Waals surface area (Å²) in [7, 11) is 0. The fourth-order valence-electron chi connectivity index (χ4n) is 3.29. The molecular weight excluding hydrogens is 312 g/mol. The topological polar surface area (TPSA) is 41.6 Å². The summed E-state index contributed by atoms with van der Waals surface area (Å²) in [5.41, 5.74) is 0.444. The highest BCUT2D eigenvalue weighted by Crippen LogP contribution is 2.32. The van der Waals surface area contributed by atoms with Crippen molar-refractivity contribution in [1.82, 2.24) is 4.90 Å². The highest BCUT2D eigenvalue weighted by molar-refractivity contribution is 5.95. The molecule has 1 amide bonds. The summed E-state index contributed by atoms with van der Waals surface area (Å²) in [6, 6.07) is 17.2. The molecule has 25 heavy (non-hydrogen) atoms. The van der Waals surface area contributed by atoms with Crippen LogP contribution in [0.4, 0.5) is 5.69 Å². The number of benzene rings is 2. The third-order valence-electron chi connectivity index (χ3n) is 4.71. The summed E-state index contributed by atoms with van der Waals surface area (Å²) >= 11 is 0. The van der Waals surface area contributed by atoms with E-state index in [0.717, 1.165) is 43.9 Å². The van der Waals surface area contributed by atoms with Gasteiger partial charge in [-0.05, 0) is 57.1 Å². The van der Waals surface area contributed by atoms with Crippen LogP contribution in [-0.4, -0.2) is 30.4 Å². The normalized spacial score (nSPS) is 20.4. The van der Waals surface area contributed by atoms with Gasteiger partial charge in [0, 0.05) is 18.3 Å². The first-order valence-corrected chi connectivity index (χ1v) is 8.96. The van der Waals surface area contributed by atoms with Gasteiger partial charge in [0.05, 0.1) is 5.41 Å². The van der Waals surface area contributed by atoms with Crippen molar-refractivity contribution in [3.8, 4) is 11.5 Å². The molecule has 1 fully saturated rings. The number of nitrogens with one attached hydrogen (secondary N) is 1. The van der Waals surface area contributed by atoms with Crippen LogP contribution in [0.1, 0.15) is 26.7 Å². The lowest BCUT2D eigenvalue weighted by Crippen LogP contribution is -2.36. The highest BCUT2D eigenvalue weighted by atomic mass is 16.5. The lowest BCUT2D eigenvalue weighted by Gasteiger charge is -2.23. The summed E-state index contributed by atoms with van der Waals surface area (Å²) in [6.45, 7) is 7.11. The Morgan fingerprint density at radius 3 is 2.68 bits per heavy atom. The van der Waals surface area contributed by atoms with E-state index in [1.807, 2.05) is 54.6 Å². The van der Waals surface area contributed by atoms with Gasteiger partial charge >= 0.3 is 0 Å². The van der Waals surface area contributed by atoms with Crippen LogP contribution in [0.3, 0.4) is 0 Å². The number of amides is 1. The molecule has 2 aromatic rings. The van der Waals surface area contributed by atoms with E-state index in [1.165, 1.54) is 0 Å². The first-order chi connectivity index (χ1) is 12.1. The number of hydrogen-bond donors (Lipinski definition) is 1. The van der Waals surface area contributed by atoms with E-state index in [2.05, 4.69) is 24.1 Å². The highest BCUT2D eigenvalue weighted by Gasteiger charge is 2.39. The lowest BCUT2D eigenvalue weighted by molar-refractivity contribution is -0.124. The van der Waals surface area contributed by atoms with E-state index < -0.39 is 0 Å². The Bertz CT molecular complexity index is 717. The fraction of sp³-hybridized carbons (Fsp3) is 0.381. The summed E-state index contributed by atoms with van der Waals surface area (Å²) in [4.78, 5) is 15.1. The number of rotatable bonds is 6. The molecule has 1 unspecified atom stereocenters. The molecule has 4 nitrogen and oxygen atoms in total. The van der Waals surface area contributed by atoms with Gasteiger partial charge in [0.15, 0.2) is 0 Å². The summed E-state index contributed by atoms with van der Waals surface area (Å²) in [5.74, 6) is 1.58. The number of para-hydroxylation sites is 1. The molecule has 0 bridgehead atoms. The van der Waals surface area contributed by atoms with Crippen molar-refractivity contribution < 1.29 is 9.53 Å². The Kier molecular flexibility index (Phi) is 5.39. The van der Waals surface area contributed by atoms with Crippen LogP contribution in [0.2, 0.25) is 0 Å². The van der Waals surface area contributed by atoms with Crippen LogP contribution in [0.15, 0.2) is 54.6 Å². The average molecular weight is 338 g/mol. The van der Waals surface area contributed by atoms with E-state index in [9.17, 15) is 4.79 Å². The van der Waals surface area contributed by atoms with Crippen molar-refractivity contribution in [1.29, 1.82) is 0 Å². The second-order valence-corrected chi connectivity index (χ2v) is 6.98. The molecule has 1 N–H and O–H groups in total. The molecule has 0 saturated carbocycles. The maximum Gasteiger partial charge on any atom is 0.231 e. The van der Waals surface area contributed by atoms with Gasteiger partial charge in [-0.25, -0.2) is 0 Å². The maximum atomic E-state index is 12.8. The van der Waals surface area contributed by atoms with Gasteiger partial charge in [0.25, 0.3) is 0 Å². The van der Waals surface area contributed by atoms with Crippen molar-refractivity contribution in [3.63, 3.8) is 0 Å². The molecule has 1 heterocycles. The zero-order chi connectivity index (χ0) is 17.7. The number of carbonyl (C=O) groups is 1. The van der Waals surface area contributed by atoms with Crippen molar-refractivity contribution in [2.24, 2.45) is 5.41 Å². The van der Waals surface area contributed by atoms with E-state index in [4.69, 9.17) is 4.74 Å². The van der Waals surface area contributed by atoms with E-state index in [-0.39, 0.29) is 11.3 Å². The predicted octanol–water partition coefficient (Wildman–Crippen LogP) is 4.54. The maximum absolute atomic E-state index is 12.8. The summed E-state index contributed by atoms with van der Waals surface area (Å²) in [6.07, 6.45) is 2.02. The Morgan fingerprint density at radius 1 is 1.16 bits per heavy atom. The molecule has 0 aromatic heterocycles. The number of anilines is 1. The Balaban J connectivity index is 1.65. The second kappa shape index (κ2) is 7.70. The minimum Gasteiger partial charge on any atom is -0.457 e. The molecule has 0 radical (unpaired) electrons. The lowest BCUT2D eigenvalue weighted by atomic mass is 9.88. The van der Waals surface area contributed by atoms with Gasteiger partial charge in [-0.2, -0.15) is 0 Å². The average Bonchev–Trinajstić information content (AvgIpc) is 2.99. The van der Waals surface area contributed by atoms with Gasteiger partial charge in [-0.3, -0.25) is 4.79 Å². The van der Waals surface area contributed by atoms with Crippen LogP contribution in [0.5, 0.6) is 11.5 Å². The minimum absolute atomic E-state index is 0.0861. The summed E-state index contributed by atoms with van der Waals surface area (Å²) < 4.78 is 5.84. The second-order valence-electron chi connectivity index (χ2n) is 6.98. The zero-order valence-electron chi connectivity index (χ0n) is 15.0. The Hall–Kier alpha value is -2.33. The molecule has 1 saturated heterocycles. The Labute approximate surface area is 149 Å². The standard InChI is InChI=1S/C21H26N2O2/c1-3-13-23-14-12-21(2,16-23)20(24)22-17-8-7-11-19(15-17)25-18-9-5-4-6-10-18/h4-11,15H,3,12-14,16H2,1-2H3,(H,22,24). The van der Waals surface area contributed by atoms with Gasteiger partial charge in [-0.15, -0.1) is 0 Å². The van der Waals surface area contributed by atoms with Crippen molar-refractivity contribution >= 4 is 11.6 Å². The van der Waals surface area contributed by atoms with Crippen LogP contribution < -0.4 is 10.1 Å². The molecule has 0 spiro atoms. The van der Waals surface area contributed by atoms with Crippen molar-refractivity contribution in [3.05, 3.63) is 54.6 Å². The van der Waals surface area contributed by atoms with Gasteiger partial charge < -0.3 is 15.0 Å². The largest absolute Gasteiger partial charge is 0.457 e. The number of hydrogen-bond acceptors (Lipinski definition) is 3. The zero-order valence-corrected chi connectivity index (χ0v) is 15.0. The first-order valence-electron chi connectivity index (χ1n) is 8.96. The number of likely N-dealkylation sites (tertiary alicyclic amines) is 1. The van der Waals surface area contributed by atoms with Crippen LogP contribution >= 0.6 is 0 Å². The van der Waals surface area contributed by atoms with Crippen LogP contribution in [0.25, 0.3) is 0 Å². The number of carbonyl (C=O) groups excluding carboxylic acids is 1. The molecule has 0 aliphatic carbocycles. The molecule has 3 rings (SSSR count). The third-order valence-corrected chi connectivity index (χ3v) is 4.71. The Morgan fingerprint density at radius 2 is 1.92 bits per heavy atom. The molecule has 132 valence electrons. The van der Waals surface area contributed by atoms with Crippen LogP contribution in [0, 0.1) is 5.41 Å². The van der Waals surface area contributed by atoms with E-state index in [1.54, 1.807) is 0 Å². The van der Waals surface area contributed by atoms with Gasteiger partial charge in [0.1, 0.15) is 11.5 Å². The summed E-state index contributed by atoms with van der Waals surface area (Å²) in [5, 5.41) is 3.07. The van der Waals surface area contributed by atoms with Gasteiger partial charge in [-0.1, -0.05) is 31.2 Å². The molecular formula is C21H26N2O2. The minimum atomic E-state index is -0.328. The molecule has 4 heteroatoms. The quantitative estimate of drug-likeness (QED) is 0.841. The molecule has 1 atom stereocenters. The third kappa shape index (κ3) is 4.40. The van der Waals surface area contributed by atoms with Crippen molar-refractivity contribution in [2.75, 3.05) is 25.0 Å². The molecule has 2 aromatic carbocycles. The smallest absolute Gasteiger partial charge is 0.231 e. The molecule has 1 aliphatic rings. The predicted molar refractivity (Wildman–Crippen MR) is 101 cm³/mol. The van der Waals surface area contributed by atoms with Crippen LogP contribution in [-0.2, 0) is 4.79 Å². The fourth-order valence-corrected chi connectivity index (χ4v) is 3.29. The van der Waals surface area contributed by atoms with E-state index >= 15 is 0 Å². The monoisotopic (exact) mass is 338 g/mol. The molecule has 1 aliphatic heterocycles. The first kappa shape index (κ1) is 17.5. The van der Waals surface area contributed by atoms with Gasteiger partial charge in [0.2, 0.25) is 5.91 Å². The van der Waals surface area contributed by atoms with E-state index in [0.29, 0.717) is 5.75 Å². The number of nitrogens with zero attached hydrogens (tertiary/aromatic N) is 1. The SMILES string of the molecule is CCCN1CCC(C)(C(=O)Nc2cccc(Oc3ccccc3)c2)C1. The van der Waals surface area contributed by atoms with Crippen molar-refractivity contribution in [2.45, 2.75) is 26.7 Å². The number of ether oxygens (including phenoxy) is 1.